The first-order chi connectivity index (χ1) is 14.0. The fraction of sp³-hybridized carbons (Fsp3) is 0.0400. The molecule has 0 bridgehead atoms. The van der Waals surface area contributed by atoms with E-state index in [1.165, 1.54) is 0 Å². The van der Waals surface area contributed by atoms with Crippen LogP contribution >= 0.6 is 22.6 Å². The van der Waals surface area contributed by atoms with Gasteiger partial charge < -0.3 is 0 Å². The first-order valence-corrected chi connectivity index (χ1v) is 11.8. The van der Waals surface area contributed by atoms with Crippen molar-refractivity contribution in [2.45, 2.75) is 16.7 Å². The largest absolute Gasteiger partial charge is 0.219 e. The molecule has 0 aromatic heterocycles. The first kappa shape index (κ1) is 19.9. The Morgan fingerprint density at radius 3 is 1.79 bits per heavy atom. The number of rotatable bonds is 4. The summed E-state index contributed by atoms with van der Waals surface area (Å²) in [7, 11) is -3.61. The van der Waals surface area contributed by atoms with Crippen LogP contribution in [0.5, 0.6) is 0 Å². The molecule has 0 aliphatic carbocycles. The molecule has 0 N–H and O–H groups in total. The molecule has 0 aliphatic rings. The van der Waals surface area contributed by atoms with Gasteiger partial charge in [0, 0.05) is 9.13 Å². The van der Waals surface area contributed by atoms with Gasteiger partial charge in [-0.25, -0.2) is 8.42 Å². The molecule has 0 heterocycles. The van der Waals surface area contributed by atoms with Crippen LogP contribution in [0.25, 0.3) is 22.3 Å². The molecule has 0 fully saturated rings. The number of hydrogen-bond acceptors (Lipinski definition) is 2. The SMILES string of the molecule is Cc1ccc(S(=O)(=O)c2cc(I)c(-c3ccccc3)c(-c3ccccc3)c2)cc1. The van der Waals surface area contributed by atoms with Crippen LogP contribution in [0.2, 0.25) is 0 Å². The van der Waals surface area contributed by atoms with Gasteiger partial charge in [0.2, 0.25) is 9.84 Å². The molecule has 0 amide bonds. The molecule has 4 aromatic carbocycles. The fourth-order valence-corrected chi connectivity index (χ4v) is 5.80. The monoisotopic (exact) mass is 510 g/mol. The smallest absolute Gasteiger partial charge is 0.206 e. The van der Waals surface area contributed by atoms with Gasteiger partial charge in [0.05, 0.1) is 9.79 Å². The average Bonchev–Trinajstić information content (AvgIpc) is 2.74. The van der Waals surface area contributed by atoms with Crippen LogP contribution in [0, 0.1) is 10.5 Å². The lowest BCUT2D eigenvalue weighted by Gasteiger charge is -2.16. The molecule has 4 aromatic rings. The lowest BCUT2D eigenvalue weighted by molar-refractivity contribution is 0.596. The standard InChI is InChI=1S/C25H19IO2S/c1-18-12-14-21(15-13-18)29(27,28)22-16-23(19-8-4-2-5-9-19)25(24(26)17-22)20-10-6-3-7-11-20/h2-17H,1H3. The summed E-state index contributed by atoms with van der Waals surface area (Å²) in [5.41, 5.74) is 5.04. The van der Waals surface area contributed by atoms with Crippen LogP contribution in [0.15, 0.2) is 107 Å². The van der Waals surface area contributed by atoms with Gasteiger partial charge in [-0.05, 0) is 70.5 Å². The summed E-state index contributed by atoms with van der Waals surface area (Å²) in [5, 5.41) is 0. The Morgan fingerprint density at radius 2 is 1.21 bits per heavy atom. The van der Waals surface area contributed by atoms with Gasteiger partial charge in [0.25, 0.3) is 0 Å². The van der Waals surface area contributed by atoms with Crippen molar-refractivity contribution in [3.8, 4) is 22.3 Å². The zero-order valence-electron chi connectivity index (χ0n) is 15.8. The van der Waals surface area contributed by atoms with E-state index in [0.29, 0.717) is 9.79 Å². The molecule has 29 heavy (non-hydrogen) atoms. The third-order valence-electron chi connectivity index (χ3n) is 4.85. The van der Waals surface area contributed by atoms with E-state index in [1.807, 2.05) is 67.6 Å². The molecule has 0 saturated heterocycles. The number of aryl methyl sites for hydroxylation is 1. The molecule has 0 radical (unpaired) electrons. The van der Waals surface area contributed by atoms with Crippen LogP contribution in [-0.2, 0) is 9.84 Å². The molecule has 0 unspecified atom stereocenters. The van der Waals surface area contributed by atoms with Crippen molar-refractivity contribution in [2.75, 3.05) is 0 Å². The summed E-state index contributed by atoms with van der Waals surface area (Å²) in [6, 6.07) is 30.6. The fourth-order valence-electron chi connectivity index (χ4n) is 3.33. The predicted octanol–water partition coefficient (Wildman–Crippen LogP) is 6.77. The molecule has 0 aliphatic heterocycles. The molecule has 0 atom stereocenters. The molecule has 0 saturated carbocycles. The highest BCUT2D eigenvalue weighted by Gasteiger charge is 2.22. The Labute approximate surface area is 185 Å². The first-order valence-electron chi connectivity index (χ1n) is 9.23. The minimum Gasteiger partial charge on any atom is -0.219 e. The number of hydrogen-bond donors (Lipinski definition) is 0. The molecular formula is C25H19IO2S. The highest BCUT2D eigenvalue weighted by Crippen LogP contribution is 2.38. The Kier molecular flexibility index (Phi) is 5.56. The maximum atomic E-state index is 13.3. The van der Waals surface area contributed by atoms with Gasteiger partial charge in [-0.2, -0.15) is 0 Å². The van der Waals surface area contributed by atoms with Crippen LogP contribution in [-0.4, -0.2) is 8.42 Å². The van der Waals surface area contributed by atoms with Crippen molar-refractivity contribution < 1.29 is 8.42 Å². The summed E-state index contributed by atoms with van der Waals surface area (Å²) >= 11 is 2.24. The second-order valence-corrected chi connectivity index (χ2v) is 9.99. The zero-order valence-corrected chi connectivity index (χ0v) is 18.8. The van der Waals surface area contributed by atoms with Crippen molar-refractivity contribution in [1.29, 1.82) is 0 Å². The average molecular weight is 510 g/mol. The van der Waals surface area contributed by atoms with E-state index < -0.39 is 9.84 Å². The van der Waals surface area contributed by atoms with Crippen molar-refractivity contribution in [1.82, 2.24) is 0 Å². The predicted molar refractivity (Wildman–Crippen MR) is 127 cm³/mol. The lowest BCUT2D eigenvalue weighted by atomic mass is 9.95. The third-order valence-corrected chi connectivity index (χ3v) is 7.45. The van der Waals surface area contributed by atoms with E-state index in [1.54, 1.807) is 24.3 Å². The van der Waals surface area contributed by atoms with E-state index >= 15 is 0 Å². The Bertz CT molecular complexity index is 1250. The zero-order chi connectivity index (χ0) is 20.4. The minimum atomic E-state index is -3.61. The van der Waals surface area contributed by atoms with E-state index in [0.717, 1.165) is 31.4 Å². The Hall–Kier alpha value is -2.44. The second-order valence-electron chi connectivity index (χ2n) is 6.88. The van der Waals surface area contributed by atoms with E-state index in [4.69, 9.17) is 0 Å². The van der Waals surface area contributed by atoms with Gasteiger partial charge in [-0.3, -0.25) is 0 Å². The van der Waals surface area contributed by atoms with E-state index in [2.05, 4.69) is 34.7 Å². The third kappa shape index (κ3) is 4.00. The van der Waals surface area contributed by atoms with Gasteiger partial charge >= 0.3 is 0 Å². The molecule has 0 spiro atoms. The van der Waals surface area contributed by atoms with Crippen LogP contribution in [0.1, 0.15) is 5.56 Å². The molecular weight excluding hydrogens is 491 g/mol. The molecule has 2 nitrogen and oxygen atoms in total. The number of halogens is 1. The van der Waals surface area contributed by atoms with E-state index in [-0.39, 0.29) is 0 Å². The van der Waals surface area contributed by atoms with Gasteiger partial charge in [0.1, 0.15) is 0 Å². The van der Waals surface area contributed by atoms with Gasteiger partial charge in [0.15, 0.2) is 0 Å². The van der Waals surface area contributed by atoms with E-state index in [9.17, 15) is 8.42 Å². The summed E-state index contributed by atoms with van der Waals surface area (Å²) in [6.45, 7) is 1.95. The summed E-state index contributed by atoms with van der Waals surface area (Å²) in [4.78, 5) is 0.620. The Balaban J connectivity index is 1.97. The highest BCUT2D eigenvalue weighted by molar-refractivity contribution is 14.1. The summed E-state index contributed by atoms with van der Waals surface area (Å²) in [6.07, 6.45) is 0. The quantitative estimate of drug-likeness (QED) is 0.284. The molecule has 144 valence electrons. The minimum absolute atomic E-state index is 0.310. The maximum absolute atomic E-state index is 13.3. The van der Waals surface area contributed by atoms with Crippen molar-refractivity contribution in [3.05, 3.63) is 106 Å². The normalized spacial score (nSPS) is 11.4. The Morgan fingerprint density at radius 1 is 0.655 bits per heavy atom. The van der Waals surface area contributed by atoms with Crippen LogP contribution < -0.4 is 0 Å². The number of benzene rings is 4. The maximum Gasteiger partial charge on any atom is 0.206 e. The summed E-state index contributed by atoms with van der Waals surface area (Å²) < 4.78 is 27.6. The van der Waals surface area contributed by atoms with Crippen LogP contribution in [0.3, 0.4) is 0 Å². The highest BCUT2D eigenvalue weighted by atomic mass is 127. The van der Waals surface area contributed by atoms with Crippen LogP contribution in [0.4, 0.5) is 0 Å². The van der Waals surface area contributed by atoms with Gasteiger partial charge in [-0.1, -0.05) is 78.4 Å². The molecule has 4 rings (SSSR count). The van der Waals surface area contributed by atoms with Crippen molar-refractivity contribution in [3.63, 3.8) is 0 Å². The topological polar surface area (TPSA) is 34.1 Å². The lowest BCUT2D eigenvalue weighted by Crippen LogP contribution is -2.04. The van der Waals surface area contributed by atoms with Crippen molar-refractivity contribution in [2.24, 2.45) is 0 Å². The second kappa shape index (κ2) is 8.13. The van der Waals surface area contributed by atoms with Gasteiger partial charge in [-0.15, -0.1) is 0 Å². The molecule has 4 heteroatoms. The van der Waals surface area contributed by atoms with Crippen molar-refractivity contribution >= 4 is 32.4 Å². The number of sulfone groups is 1. The summed E-state index contributed by atoms with van der Waals surface area (Å²) in [5.74, 6) is 0.